The number of carbonyl (C=O) groups is 2. The number of unbranched alkanes of at least 4 members (excludes halogenated alkanes) is 8. The fourth-order valence-electron chi connectivity index (χ4n) is 4.12. The van der Waals surface area contributed by atoms with Gasteiger partial charge in [-0.1, -0.05) is 89.7 Å². The maximum atomic E-state index is 12.5. The second-order valence-corrected chi connectivity index (χ2v) is 8.61. The van der Waals surface area contributed by atoms with Crippen LogP contribution in [-0.4, -0.2) is 25.2 Å². The molecule has 1 aliphatic carbocycles. The van der Waals surface area contributed by atoms with Crippen LogP contribution < -0.4 is 0 Å². The molecule has 0 saturated heterocycles. The summed E-state index contributed by atoms with van der Waals surface area (Å²) in [5.41, 5.74) is 0.618. The van der Waals surface area contributed by atoms with Gasteiger partial charge in [-0.2, -0.15) is 0 Å². The number of hydrogen-bond acceptors (Lipinski definition) is 4. The van der Waals surface area contributed by atoms with Crippen molar-refractivity contribution in [2.45, 2.75) is 96.8 Å². The Morgan fingerprint density at radius 1 is 0.767 bits per heavy atom. The highest BCUT2D eigenvalue weighted by molar-refractivity contribution is 6.03. The van der Waals surface area contributed by atoms with E-state index in [2.05, 4.69) is 6.92 Å². The quantitative estimate of drug-likeness (QED) is 0.239. The Labute approximate surface area is 182 Å². The van der Waals surface area contributed by atoms with Crippen LogP contribution in [0, 0.1) is 5.92 Å². The molecule has 0 atom stereocenters. The monoisotopic (exact) mass is 416 g/mol. The summed E-state index contributed by atoms with van der Waals surface area (Å²) >= 11 is 0. The van der Waals surface area contributed by atoms with E-state index in [1.54, 1.807) is 24.3 Å². The van der Waals surface area contributed by atoms with Gasteiger partial charge in [0.1, 0.15) is 0 Å². The van der Waals surface area contributed by atoms with Gasteiger partial charge in [0.25, 0.3) is 0 Å². The van der Waals surface area contributed by atoms with Crippen LogP contribution in [0.15, 0.2) is 24.3 Å². The highest BCUT2D eigenvalue weighted by atomic mass is 16.5. The van der Waals surface area contributed by atoms with Crippen LogP contribution in [0.2, 0.25) is 0 Å². The van der Waals surface area contributed by atoms with E-state index in [0.29, 0.717) is 30.3 Å². The van der Waals surface area contributed by atoms with E-state index in [0.717, 1.165) is 25.7 Å². The summed E-state index contributed by atoms with van der Waals surface area (Å²) in [7, 11) is 0. The molecule has 0 heterocycles. The maximum absolute atomic E-state index is 12.5. The van der Waals surface area contributed by atoms with Gasteiger partial charge < -0.3 is 9.47 Å². The van der Waals surface area contributed by atoms with Crippen LogP contribution in [0.3, 0.4) is 0 Å². The Kier molecular flexibility index (Phi) is 12.2. The molecule has 0 radical (unpaired) electrons. The van der Waals surface area contributed by atoms with Crippen LogP contribution in [0.4, 0.5) is 0 Å². The molecule has 0 amide bonds. The molecule has 0 bridgehead atoms. The van der Waals surface area contributed by atoms with Gasteiger partial charge in [-0.25, -0.2) is 9.59 Å². The van der Waals surface area contributed by atoms with E-state index in [1.165, 1.54) is 64.2 Å². The van der Waals surface area contributed by atoms with Crippen LogP contribution in [0.1, 0.15) is 118 Å². The van der Waals surface area contributed by atoms with Gasteiger partial charge >= 0.3 is 11.9 Å². The molecule has 4 nitrogen and oxygen atoms in total. The maximum Gasteiger partial charge on any atom is 0.339 e. The van der Waals surface area contributed by atoms with Crippen molar-refractivity contribution in [3.05, 3.63) is 35.4 Å². The lowest BCUT2D eigenvalue weighted by Crippen LogP contribution is -2.19. The lowest BCUT2D eigenvalue weighted by Gasteiger charge is -2.21. The molecule has 0 spiro atoms. The zero-order valence-corrected chi connectivity index (χ0v) is 18.8. The van der Waals surface area contributed by atoms with E-state index in [9.17, 15) is 9.59 Å². The average Bonchev–Trinajstić information content (AvgIpc) is 2.79. The lowest BCUT2D eigenvalue weighted by atomic mass is 9.90. The lowest BCUT2D eigenvalue weighted by molar-refractivity contribution is 0.0390. The highest BCUT2D eigenvalue weighted by Gasteiger charge is 2.21. The second kappa shape index (κ2) is 15.0. The van der Waals surface area contributed by atoms with Crippen molar-refractivity contribution >= 4 is 11.9 Å². The summed E-state index contributed by atoms with van der Waals surface area (Å²) in [6, 6.07) is 6.82. The summed E-state index contributed by atoms with van der Waals surface area (Å²) in [6.45, 7) is 3.08. The average molecular weight is 417 g/mol. The minimum atomic E-state index is -0.431. The highest BCUT2D eigenvalue weighted by Crippen LogP contribution is 2.24. The molecule has 1 aromatic rings. The van der Waals surface area contributed by atoms with Crippen LogP contribution in [0.5, 0.6) is 0 Å². The molecule has 0 aromatic heterocycles. The SMILES string of the molecule is CCCCCCCCCCCOC(=O)c1ccccc1C(=O)OCC1CCCCC1. The molecule has 1 aromatic carbocycles. The number of esters is 2. The third kappa shape index (κ3) is 9.32. The Morgan fingerprint density at radius 2 is 1.30 bits per heavy atom. The molecule has 0 aliphatic heterocycles. The van der Waals surface area contributed by atoms with Gasteiger partial charge in [-0.05, 0) is 37.3 Å². The van der Waals surface area contributed by atoms with Gasteiger partial charge in [-0.15, -0.1) is 0 Å². The standard InChI is InChI=1S/C26H40O4/c1-2-3-4-5-6-7-8-9-15-20-29-25(27)23-18-13-14-19-24(23)26(28)30-21-22-16-11-10-12-17-22/h13-14,18-19,22H,2-12,15-17,20-21H2,1H3. The minimum Gasteiger partial charge on any atom is -0.462 e. The molecule has 4 heteroatoms. The smallest absolute Gasteiger partial charge is 0.339 e. The van der Waals surface area contributed by atoms with E-state index < -0.39 is 11.9 Å². The van der Waals surface area contributed by atoms with Crippen LogP contribution in [-0.2, 0) is 9.47 Å². The Hall–Kier alpha value is -1.84. The fourth-order valence-corrected chi connectivity index (χ4v) is 4.12. The number of benzene rings is 1. The second-order valence-electron chi connectivity index (χ2n) is 8.61. The summed E-state index contributed by atoms with van der Waals surface area (Å²) in [4.78, 5) is 25.0. The first-order valence-corrected chi connectivity index (χ1v) is 12.2. The van der Waals surface area contributed by atoms with Crippen LogP contribution in [0.25, 0.3) is 0 Å². The Morgan fingerprint density at radius 3 is 1.90 bits per heavy atom. The van der Waals surface area contributed by atoms with Crippen molar-refractivity contribution in [1.29, 1.82) is 0 Å². The van der Waals surface area contributed by atoms with Crippen molar-refractivity contribution in [2.24, 2.45) is 5.92 Å². The largest absolute Gasteiger partial charge is 0.462 e. The van der Waals surface area contributed by atoms with Crippen molar-refractivity contribution in [1.82, 2.24) is 0 Å². The molecular weight excluding hydrogens is 376 g/mol. The minimum absolute atomic E-state index is 0.307. The summed E-state index contributed by atoms with van der Waals surface area (Å²) < 4.78 is 10.9. The molecule has 2 rings (SSSR count). The van der Waals surface area contributed by atoms with Crippen molar-refractivity contribution in [2.75, 3.05) is 13.2 Å². The van der Waals surface area contributed by atoms with E-state index in [1.807, 2.05) is 0 Å². The van der Waals surface area contributed by atoms with Crippen LogP contribution >= 0.6 is 0 Å². The van der Waals surface area contributed by atoms with E-state index in [4.69, 9.17) is 9.47 Å². The molecule has 1 aliphatic rings. The van der Waals surface area contributed by atoms with Gasteiger partial charge in [-0.3, -0.25) is 0 Å². The Balaban J connectivity index is 1.67. The number of rotatable bonds is 14. The predicted molar refractivity (Wildman–Crippen MR) is 121 cm³/mol. The van der Waals surface area contributed by atoms with Gasteiger partial charge in [0.15, 0.2) is 0 Å². The van der Waals surface area contributed by atoms with Gasteiger partial charge in [0.2, 0.25) is 0 Å². The third-order valence-corrected chi connectivity index (χ3v) is 6.02. The molecule has 1 saturated carbocycles. The fraction of sp³-hybridized carbons (Fsp3) is 0.692. The van der Waals surface area contributed by atoms with E-state index in [-0.39, 0.29) is 0 Å². The van der Waals surface area contributed by atoms with Crippen molar-refractivity contribution < 1.29 is 19.1 Å². The molecule has 168 valence electrons. The molecule has 0 unspecified atom stereocenters. The third-order valence-electron chi connectivity index (χ3n) is 6.02. The zero-order chi connectivity index (χ0) is 21.4. The van der Waals surface area contributed by atoms with Crippen molar-refractivity contribution in [3.63, 3.8) is 0 Å². The summed E-state index contributed by atoms with van der Waals surface area (Å²) in [5, 5.41) is 0. The van der Waals surface area contributed by atoms with E-state index >= 15 is 0 Å². The van der Waals surface area contributed by atoms with Crippen molar-refractivity contribution in [3.8, 4) is 0 Å². The molecule has 30 heavy (non-hydrogen) atoms. The topological polar surface area (TPSA) is 52.6 Å². The summed E-state index contributed by atoms with van der Waals surface area (Å²) in [5.74, 6) is -0.399. The predicted octanol–water partition coefficient (Wildman–Crippen LogP) is 7.11. The normalized spacial score (nSPS) is 14.4. The first-order chi connectivity index (χ1) is 14.7. The number of hydrogen-bond donors (Lipinski definition) is 0. The first kappa shape index (κ1) is 24.4. The summed E-state index contributed by atoms with van der Waals surface area (Å²) in [6.07, 6.45) is 16.9. The molecule has 1 fully saturated rings. The Bertz CT molecular complexity index is 619. The number of ether oxygens (including phenoxy) is 2. The van der Waals surface area contributed by atoms with Gasteiger partial charge in [0, 0.05) is 0 Å². The first-order valence-electron chi connectivity index (χ1n) is 12.2. The zero-order valence-electron chi connectivity index (χ0n) is 18.8. The van der Waals surface area contributed by atoms with Gasteiger partial charge in [0.05, 0.1) is 24.3 Å². The number of carbonyl (C=O) groups excluding carboxylic acids is 2. The molecular formula is C26H40O4. The molecule has 0 N–H and O–H groups in total.